The van der Waals surface area contributed by atoms with Gasteiger partial charge in [-0.15, -0.1) is 0 Å². The predicted molar refractivity (Wildman–Crippen MR) is 94.2 cm³/mol. The molecule has 0 atom stereocenters. The van der Waals surface area contributed by atoms with Crippen LogP contribution in [0.15, 0.2) is 42.5 Å². The van der Waals surface area contributed by atoms with Crippen LogP contribution in [-0.4, -0.2) is 24.0 Å². The topological polar surface area (TPSA) is 90.7 Å². The molecule has 1 N–H and O–H groups in total. The minimum Gasteiger partial charge on any atom is -0.494 e. The largest absolute Gasteiger partial charge is 0.494 e. The quantitative estimate of drug-likeness (QED) is 0.582. The van der Waals surface area contributed by atoms with Gasteiger partial charge in [0.15, 0.2) is 6.61 Å². The number of non-ortho nitro benzene ring substituents is 1. The van der Waals surface area contributed by atoms with Crippen molar-refractivity contribution in [1.29, 1.82) is 0 Å². The number of rotatable bonds is 8. The number of nitro groups is 1. The Kier molecular flexibility index (Phi) is 6.33. The minimum atomic E-state index is -0.493. The van der Waals surface area contributed by atoms with Crippen LogP contribution in [0.5, 0.6) is 11.5 Å². The van der Waals surface area contributed by atoms with E-state index >= 15 is 0 Å². The Morgan fingerprint density at radius 1 is 1.12 bits per heavy atom. The van der Waals surface area contributed by atoms with E-state index in [0.717, 1.165) is 17.7 Å². The number of nitrogens with one attached hydrogen (secondary N) is 1. The first-order chi connectivity index (χ1) is 12.0. The first kappa shape index (κ1) is 18.3. The summed E-state index contributed by atoms with van der Waals surface area (Å²) in [5.74, 6) is 0.837. The highest BCUT2D eigenvalue weighted by Gasteiger charge is 2.08. The Bertz CT molecular complexity index is 744. The summed E-state index contributed by atoms with van der Waals surface area (Å²) in [4.78, 5) is 22.1. The van der Waals surface area contributed by atoms with Crippen LogP contribution >= 0.6 is 0 Å². The smallest absolute Gasteiger partial charge is 0.269 e. The van der Waals surface area contributed by atoms with Gasteiger partial charge in [-0.05, 0) is 49.2 Å². The van der Waals surface area contributed by atoms with E-state index in [9.17, 15) is 14.9 Å². The molecule has 2 aromatic carbocycles. The Balaban J connectivity index is 1.88. The molecule has 0 bridgehead atoms. The summed E-state index contributed by atoms with van der Waals surface area (Å²) in [5.41, 5.74) is 1.54. The van der Waals surface area contributed by atoms with E-state index in [0.29, 0.717) is 18.0 Å². The number of nitrogens with zero attached hydrogens (tertiary/aromatic N) is 1. The van der Waals surface area contributed by atoms with Crippen molar-refractivity contribution in [2.24, 2.45) is 0 Å². The Morgan fingerprint density at radius 3 is 2.40 bits per heavy atom. The van der Waals surface area contributed by atoms with Gasteiger partial charge in [0.05, 0.1) is 11.5 Å². The third-order valence-electron chi connectivity index (χ3n) is 3.36. The minimum absolute atomic E-state index is 0.0298. The normalized spacial score (nSPS) is 10.2. The number of ether oxygens (including phenoxy) is 2. The lowest BCUT2D eigenvalue weighted by Crippen LogP contribution is -2.20. The zero-order valence-corrected chi connectivity index (χ0v) is 14.2. The first-order valence-corrected chi connectivity index (χ1v) is 7.90. The summed E-state index contributed by atoms with van der Waals surface area (Å²) in [6, 6.07) is 11.0. The van der Waals surface area contributed by atoms with Crippen LogP contribution in [0.2, 0.25) is 0 Å². The molecular formula is C18H20N2O5. The molecule has 0 fully saturated rings. The van der Waals surface area contributed by atoms with Crippen molar-refractivity contribution < 1.29 is 19.2 Å². The zero-order chi connectivity index (χ0) is 18.2. The Hall–Kier alpha value is -3.09. The Labute approximate surface area is 145 Å². The fourth-order valence-electron chi connectivity index (χ4n) is 2.09. The van der Waals surface area contributed by atoms with Crippen LogP contribution in [0.4, 0.5) is 11.4 Å². The second-order valence-corrected chi connectivity index (χ2v) is 5.41. The van der Waals surface area contributed by atoms with Crippen molar-refractivity contribution >= 4 is 17.3 Å². The van der Waals surface area contributed by atoms with Gasteiger partial charge in [-0.25, -0.2) is 0 Å². The molecule has 25 heavy (non-hydrogen) atoms. The van der Waals surface area contributed by atoms with Crippen LogP contribution in [0.25, 0.3) is 0 Å². The maximum atomic E-state index is 12.0. The van der Waals surface area contributed by atoms with Gasteiger partial charge < -0.3 is 14.8 Å². The second-order valence-electron chi connectivity index (χ2n) is 5.41. The van der Waals surface area contributed by atoms with Crippen molar-refractivity contribution in [2.75, 3.05) is 18.5 Å². The molecule has 132 valence electrons. The maximum absolute atomic E-state index is 12.0. The van der Waals surface area contributed by atoms with Crippen LogP contribution in [0.1, 0.15) is 18.9 Å². The molecule has 0 aliphatic heterocycles. The van der Waals surface area contributed by atoms with E-state index in [4.69, 9.17) is 9.47 Å². The molecule has 2 rings (SSSR count). The summed E-state index contributed by atoms with van der Waals surface area (Å²) in [5, 5.41) is 13.4. The highest BCUT2D eigenvalue weighted by atomic mass is 16.6. The fraction of sp³-hybridized carbons (Fsp3) is 0.278. The van der Waals surface area contributed by atoms with Crippen molar-refractivity contribution in [1.82, 2.24) is 0 Å². The number of carbonyl (C=O) groups excluding carboxylic acids is 1. The lowest BCUT2D eigenvalue weighted by Gasteiger charge is -2.11. The molecule has 0 saturated heterocycles. The molecule has 1 amide bonds. The molecule has 0 aromatic heterocycles. The van der Waals surface area contributed by atoms with E-state index < -0.39 is 4.92 Å². The van der Waals surface area contributed by atoms with E-state index in [1.165, 1.54) is 24.3 Å². The van der Waals surface area contributed by atoms with Crippen LogP contribution < -0.4 is 14.8 Å². The molecule has 0 saturated carbocycles. The van der Waals surface area contributed by atoms with Gasteiger partial charge in [-0.1, -0.05) is 6.92 Å². The molecule has 0 radical (unpaired) electrons. The Morgan fingerprint density at radius 2 is 1.80 bits per heavy atom. The van der Waals surface area contributed by atoms with Crippen LogP contribution in [-0.2, 0) is 4.79 Å². The van der Waals surface area contributed by atoms with E-state index in [1.807, 2.05) is 19.9 Å². The average molecular weight is 344 g/mol. The van der Waals surface area contributed by atoms with Crippen molar-refractivity contribution in [3.8, 4) is 11.5 Å². The molecule has 2 aromatic rings. The standard InChI is InChI=1S/C18H20N2O5/c1-3-10-24-16-8-9-17(13(2)11-16)19-18(21)12-25-15-6-4-14(5-7-15)20(22)23/h4-9,11H,3,10,12H2,1-2H3,(H,19,21). The SMILES string of the molecule is CCCOc1ccc(NC(=O)COc2ccc([N+](=O)[O-])cc2)c(C)c1. The lowest BCUT2D eigenvalue weighted by atomic mass is 10.2. The molecule has 0 aliphatic carbocycles. The van der Waals surface area contributed by atoms with Crippen molar-refractivity contribution in [3.05, 3.63) is 58.1 Å². The van der Waals surface area contributed by atoms with Crippen LogP contribution in [0.3, 0.4) is 0 Å². The molecule has 0 spiro atoms. The van der Waals surface area contributed by atoms with Crippen LogP contribution in [0, 0.1) is 17.0 Å². The van der Waals surface area contributed by atoms with Gasteiger partial charge in [0, 0.05) is 17.8 Å². The van der Waals surface area contributed by atoms with Gasteiger partial charge in [0.25, 0.3) is 11.6 Å². The summed E-state index contributed by atoms with van der Waals surface area (Å²) >= 11 is 0. The third kappa shape index (κ3) is 5.49. The van der Waals surface area contributed by atoms with Gasteiger partial charge >= 0.3 is 0 Å². The molecule has 7 heteroatoms. The molecule has 7 nitrogen and oxygen atoms in total. The van der Waals surface area contributed by atoms with Gasteiger partial charge in [-0.3, -0.25) is 14.9 Å². The molecular weight excluding hydrogens is 324 g/mol. The number of carbonyl (C=O) groups is 1. The number of hydrogen-bond acceptors (Lipinski definition) is 5. The maximum Gasteiger partial charge on any atom is 0.269 e. The van der Waals surface area contributed by atoms with Crippen molar-refractivity contribution in [3.63, 3.8) is 0 Å². The highest BCUT2D eigenvalue weighted by molar-refractivity contribution is 5.92. The molecule has 0 heterocycles. The molecule has 0 unspecified atom stereocenters. The van der Waals surface area contributed by atoms with E-state index in [2.05, 4.69) is 5.32 Å². The van der Waals surface area contributed by atoms with Crippen molar-refractivity contribution in [2.45, 2.75) is 20.3 Å². The average Bonchev–Trinajstić information content (AvgIpc) is 2.60. The van der Waals surface area contributed by atoms with E-state index in [-0.39, 0.29) is 18.2 Å². The predicted octanol–water partition coefficient (Wildman–Crippen LogP) is 3.71. The first-order valence-electron chi connectivity index (χ1n) is 7.90. The van der Waals surface area contributed by atoms with E-state index in [1.54, 1.807) is 12.1 Å². The summed E-state index contributed by atoms with van der Waals surface area (Å²) < 4.78 is 10.9. The number of amides is 1. The lowest BCUT2D eigenvalue weighted by molar-refractivity contribution is -0.384. The number of nitro benzene ring substituents is 1. The number of benzene rings is 2. The van der Waals surface area contributed by atoms with Gasteiger partial charge in [-0.2, -0.15) is 0 Å². The third-order valence-corrected chi connectivity index (χ3v) is 3.36. The monoisotopic (exact) mass is 344 g/mol. The second kappa shape index (κ2) is 8.68. The fourth-order valence-corrected chi connectivity index (χ4v) is 2.09. The number of aryl methyl sites for hydroxylation is 1. The number of hydrogen-bond donors (Lipinski definition) is 1. The number of anilines is 1. The summed E-state index contributed by atoms with van der Waals surface area (Å²) in [6.45, 7) is 4.37. The summed E-state index contributed by atoms with van der Waals surface area (Å²) in [7, 11) is 0. The molecule has 0 aliphatic rings. The van der Waals surface area contributed by atoms with Gasteiger partial charge in [0.1, 0.15) is 11.5 Å². The highest BCUT2D eigenvalue weighted by Crippen LogP contribution is 2.22. The summed E-state index contributed by atoms with van der Waals surface area (Å²) in [6.07, 6.45) is 0.928. The van der Waals surface area contributed by atoms with Gasteiger partial charge in [0.2, 0.25) is 0 Å². The zero-order valence-electron chi connectivity index (χ0n) is 14.2.